The van der Waals surface area contributed by atoms with Crippen LogP contribution in [0.1, 0.15) is 12.8 Å². The van der Waals surface area contributed by atoms with Gasteiger partial charge in [0.1, 0.15) is 4.90 Å². The fourth-order valence-corrected chi connectivity index (χ4v) is 4.60. The number of methoxy groups -OCH3 is 2. The molecule has 0 bridgehead atoms. The Kier molecular flexibility index (Phi) is 8.09. The Morgan fingerprint density at radius 2 is 1.96 bits per heavy atom. The van der Waals surface area contributed by atoms with Gasteiger partial charge in [0.05, 0.1) is 14.2 Å². The van der Waals surface area contributed by atoms with Crippen molar-refractivity contribution in [3.63, 3.8) is 0 Å². The third-order valence-corrected chi connectivity index (χ3v) is 6.07. The first kappa shape index (κ1) is 20.5. The molecule has 0 aromatic heterocycles. The van der Waals surface area contributed by atoms with Gasteiger partial charge in [-0.1, -0.05) is 0 Å². The van der Waals surface area contributed by atoms with E-state index in [1.54, 1.807) is 6.07 Å². The van der Waals surface area contributed by atoms with Gasteiger partial charge in [0, 0.05) is 17.1 Å². The second-order valence-electron chi connectivity index (χ2n) is 5.20. The molecule has 0 aliphatic carbocycles. The van der Waals surface area contributed by atoms with Gasteiger partial charge >= 0.3 is 0 Å². The normalized spacial score (nSPS) is 18.1. The molecule has 132 valence electrons. The zero-order valence-electron chi connectivity index (χ0n) is 13.1. The summed E-state index contributed by atoms with van der Waals surface area (Å²) in [5.41, 5.74) is 0. The first-order chi connectivity index (χ1) is 10.5. The minimum absolute atomic E-state index is 0. The van der Waals surface area contributed by atoms with Crippen molar-refractivity contribution in [3.05, 3.63) is 16.6 Å². The summed E-state index contributed by atoms with van der Waals surface area (Å²) >= 11 is 3.29. The van der Waals surface area contributed by atoms with Crippen LogP contribution in [0.5, 0.6) is 11.5 Å². The Labute approximate surface area is 151 Å². The lowest BCUT2D eigenvalue weighted by Crippen LogP contribution is -2.38. The Balaban J connectivity index is 0.00000264. The maximum Gasteiger partial charge on any atom is 0.241 e. The van der Waals surface area contributed by atoms with Crippen LogP contribution in [0.3, 0.4) is 0 Å². The van der Waals surface area contributed by atoms with Gasteiger partial charge in [-0.2, -0.15) is 0 Å². The Bertz CT molecular complexity index is 621. The number of piperidine rings is 1. The van der Waals surface area contributed by atoms with Crippen LogP contribution in [0.4, 0.5) is 0 Å². The zero-order valence-corrected chi connectivity index (χ0v) is 16.3. The molecule has 2 rings (SSSR count). The highest BCUT2D eigenvalue weighted by Crippen LogP contribution is 2.35. The van der Waals surface area contributed by atoms with Crippen molar-refractivity contribution in [1.29, 1.82) is 0 Å². The Hall–Kier alpha value is -0.540. The molecular formula is C14H22BrClN2O4S. The molecular weight excluding hydrogens is 408 g/mol. The van der Waals surface area contributed by atoms with Crippen molar-refractivity contribution in [2.45, 2.75) is 17.7 Å². The number of halogens is 2. The average Bonchev–Trinajstić information content (AvgIpc) is 2.53. The standard InChI is InChI=1S/C14H21BrN2O4S.ClH/c1-20-12-6-11(15)14(7-13(12)21-2)22(18,19)17-9-10-4-3-5-16-8-10;/h6-7,10,16-17H,3-5,8-9H2,1-2H3;1H. The van der Waals surface area contributed by atoms with Gasteiger partial charge in [-0.05, 0) is 53.8 Å². The highest BCUT2D eigenvalue weighted by Gasteiger charge is 2.23. The van der Waals surface area contributed by atoms with Crippen LogP contribution >= 0.6 is 28.3 Å². The lowest BCUT2D eigenvalue weighted by Gasteiger charge is -2.23. The summed E-state index contributed by atoms with van der Waals surface area (Å²) in [5, 5.41) is 3.27. The van der Waals surface area contributed by atoms with E-state index in [1.165, 1.54) is 20.3 Å². The number of hydrogen-bond donors (Lipinski definition) is 2. The van der Waals surface area contributed by atoms with Gasteiger partial charge in [-0.3, -0.25) is 0 Å². The SMILES string of the molecule is COc1cc(Br)c(S(=O)(=O)NCC2CCCNC2)cc1OC.Cl. The lowest BCUT2D eigenvalue weighted by atomic mass is 10.0. The third kappa shape index (κ3) is 5.22. The highest BCUT2D eigenvalue weighted by molar-refractivity contribution is 9.10. The Morgan fingerprint density at radius 1 is 1.30 bits per heavy atom. The predicted molar refractivity (Wildman–Crippen MR) is 95.3 cm³/mol. The summed E-state index contributed by atoms with van der Waals surface area (Å²) < 4.78 is 38.5. The van der Waals surface area contributed by atoms with Crippen LogP contribution < -0.4 is 19.5 Å². The van der Waals surface area contributed by atoms with E-state index in [2.05, 4.69) is 26.0 Å². The molecule has 1 saturated heterocycles. The molecule has 0 amide bonds. The second kappa shape index (κ2) is 9.08. The van der Waals surface area contributed by atoms with Gasteiger partial charge in [-0.25, -0.2) is 13.1 Å². The molecule has 1 heterocycles. The first-order valence-corrected chi connectivity index (χ1v) is 9.37. The van der Waals surface area contributed by atoms with Crippen molar-refractivity contribution in [2.75, 3.05) is 33.9 Å². The van der Waals surface area contributed by atoms with E-state index in [9.17, 15) is 8.42 Å². The van der Waals surface area contributed by atoms with Crippen LogP contribution in [-0.2, 0) is 10.0 Å². The van der Waals surface area contributed by atoms with E-state index in [0.29, 0.717) is 28.4 Å². The van der Waals surface area contributed by atoms with Gasteiger partial charge in [-0.15, -0.1) is 12.4 Å². The number of sulfonamides is 1. The largest absolute Gasteiger partial charge is 0.493 e. The van der Waals surface area contributed by atoms with Crippen molar-refractivity contribution >= 4 is 38.4 Å². The minimum Gasteiger partial charge on any atom is -0.493 e. The zero-order chi connectivity index (χ0) is 16.2. The van der Waals surface area contributed by atoms with Crippen molar-refractivity contribution < 1.29 is 17.9 Å². The molecule has 0 saturated carbocycles. The molecule has 23 heavy (non-hydrogen) atoms. The topological polar surface area (TPSA) is 76.7 Å². The van der Waals surface area contributed by atoms with Crippen LogP contribution in [-0.4, -0.2) is 42.3 Å². The van der Waals surface area contributed by atoms with Crippen molar-refractivity contribution in [3.8, 4) is 11.5 Å². The number of benzene rings is 1. The van der Waals surface area contributed by atoms with Gasteiger partial charge < -0.3 is 14.8 Å². The summed E-state index contributed by atoms with van der Waals surface area (Å²) in [5.74, 6) is 1.18. The number of nitrogens with one attached hydrogen (secondary N) is 2. The second-order valence-corrected chi connectivity index (χ2v) is 7.79. The van der Waals surface area contributed by atoms with E-state index in [1.807, 2.05) is 0 Å². The smallest absolute Gasteiger partial charge is 0.241 e. The molecule has 2 N–H and O–H groups in total. The number of rotatable bonds is 6. The van der Waals surface area contributed by atoms with Gasteiger partial charge in [0.25, 0.3) is 0 Å². The van der Waals surface area contributed by atoms with Crippen molar-refractivity contribution in [2.24, 2.45) is 5.92 Å². The molecule has 1 aromatic rings. The molecule has 9 heteroatoms. The van der Waals surface area contributed by atoms with Crippen LogP contribution in [0, 0.1) is 5.92 Å². The molecule has 6 nitrogen and oxygen atoms in total. The van der Waals surface area contributed by atoms with E-state index in [-0.39, 0.29) is 17.3 Å². The van der Waals surface area contributed by atoms with E-state index in [0.717, 1.165) is 25.9 Å². The van der Waals surface area contributed by atoms with Crippen LogP contribution in [0.2, 0.25) is 0 Å². The van der Waals surface area contributed by atoms with Crippen LogP contribution in [0.25, 0.3) is 0 Å². The molecule has 1 atom stereocenters. The molecule has 1 fully saturated rings. The minimum atomic E-state index is -3.61. The fourth-order valence-electron chi connectivity index (χ4n) is 2.44. The average molecular weight is 430 g/mol. The lowest BCUT2D eigenvalue weighted by molar-refractivity contribution is 0.353. The molecule has 1 aliphatic rings. The van der Waals surface area contributed by atoms with Gasteiger partial charge in [0.15, 0.2) is 11.5 Å². The highest BCUT2D eigenvalue weighted by atomic mass is 79.9. The van der Waals surface area contributed by atoms with Crippen LogP contribution in [0.15, 0.2) is 21.5 Å². The molecule has 0 radical (unpaired) electrons. The predicted octanol–water partition coefficient (Wildman–Crippen LogP) is 2.17. The van der Waals surface area contributed by atoms with Gasteiger partial charge in [0.2, 0.25) is 10.0 Å². The summed E-state index contributed by atoms with van der Waals surface area (Å²) in [4.78, 5) is 0.147. The Morgan fingerprint density at radius 3 is 2.52 bits per heavy atom. The molecule has 0 spiro atoms. The van der Waals surface area contributed by atoms with E-state index < -0.39 is 10.0 Å². The van der Waals surface area contributed by atoms with E-state index >= 15 is 0 Å². The summed E-state index contributed by atoms with van der Waals surface area (Å²) in [6.07, 6.45) is 2.11. The monoisotopic (exact) mass is 428 g/mol. The third-order valence-electron chi connectivity index (χ3n) is 3.69. The summed E-state index contributed by atoms with van der Waals surface area (Å²) in [7, 11) is -0.626. The first-order valence-electron chi connectivity index (χ1n) is 7.10. The van der Waals surface area contributed by atoms with E-state index in [4.69, 9.17) is 9.47 Å². The van der Waals surface area contributed by atoms with Crippen molar-refractivity contribution in [1.82, 2.24) is 10.0 Å². The molecule has 1 aliphatic heterocycles. The summed E-state index contributed by atoms with van der Waals surface area (Å²) in [6.45, 7) is 2.27. The maximum atomic E-state index is 12.5. The molecule has 1 unspecified atom stereocenters. The molecule has 1 aromatic carbocycles. The quantitative estimate of drug-likeness (QED) is 0.725. The maximum absolute atomic E-state index is 12.5. The number of ether oxygens (including phenoxy) is 2. The fraction of sp³-hybridized carbons (Fsp3) is 0.571. The number of hydrogen-bond acceptors (Lipinski definition) is 5. The summed E-state index contributed by atoms with van der Waals surface area (Å²) in [6, 6.07) is 3.06.